The molecule has 0 bridgehead atoms. The Balaban J connectivity index is 1.78. The normalized spacial score (nSPS) is 23.7. The van der Waals surface area contributed by atoms with Gasteiger partial charge in [-0.15, -0.1) is 0 Å². The summed E-state index contributed by atoms with van der Waals surface area (Å²) in [5, 5.41) is 13.1. The zero-order valence-corrected chi connectivity index (χ0v) is 12.7. The second-order valence-electron chi connectivity index (χ2n) is 6.58. The van der Waals surface area contributed by atoms with E-state index in [2.05, 4.69) is 5.32 Å². The molecular formula is C16H23F2NO2. The van der Waals surface area contributed by atoms with Gasteiger partial charge in [0, 0.05) is 12.6 Å². The fourth-order valence-electron chi connectivity index (χ4n) is 2.54. The van der Waals surface area contributed by atoms with E-state index in [0.717, 1.165) is 25.0 Å². The lowest BCUT2D eigenvalue weighted by Gasteiger charge is -2.40. The fraction of sp³-hybridized carbons (Fsp3) is 0.625. The molecule has 118 valence electrons. The van der Waals surface area contributed by atoms with Gasteiger partial charge < -0.3 is 15.2 Å². The lowest BCUT2D eigenvalue weighted by Crippen LogP contribution is -2.48. The molecule has 0 amide bonds. The van der Waals surface area contributed by atoms with Gasteiger partial charge in [-0.25, -0.2) is 8.78 Å². The van der Waals surface area contributed by atoms with Crippen LogP contribution in [0.15, 0.2) is 18.2 Å². The molecule has 21 heavy (non-hydrogen) atoms. The van der Waals surface area contributed by atoms with Crippen LogP contribution in [-0.4, -0.2) is 29.4 Å². The number of halogens is 2. The SMILES string of the molecule is CC(C)(C)OC1CC(NCC(O)c2c(F)cccc2F)C1. The van der Waals surface area contributed by atoms with Crippen LogP contribution in [0.4, 0.5) is 8.78 Å². The molecule has 3 nitrogen and oxygen atoms in total. The van der Waals surface area contributed by atoms with E-state index in [0.29, 0.717) is 0 Å². The van der Waals surface area contributed by atoms with Crippen molar-refractivity contribution in [3.63, 3.8) is 0 Å². The second-order valence-corrected chi connectivity index (χ2v) is 6.58. The molecule has 0 heterocycles. The minimum absolute atomic E-state index is 0.130. The van der Waals surface area contributed by atoms with Gasteiger partial charge in [-0.3, -0.25) is 0 Å². The van der Waals surface area contributed by atoms with Crippen LogP contribution >= 0.6 is 0 Å². The number of aliphatic hydroxyl groups is 1. The first-order chi connectivity index (χ1) is 9.76. The Bertz CT molecular complexity index is 461. The summed E-state index contributed by atoms with van der Waals surface area (Å²) in [5.41, 5.74) is -0.433. The van der Waals surface area contributed by atoms with Crippen molar-refractivity contribution in [2.75, 3.05) is 6.54 Å². The Hall–Kier alpha value is -1.04. The Morgan fingerprint density at radius 3 is 2.38 bits per heavy atom. The molecule has 1 aliphatic carbocycles. The van der Waals surface area contributed by atoms with Gasteiger partial charge >= 0.3 is 0 Å². The van der Waals surface area contributed by atoms with Crippen LogP contribution in [0.25, 0.3) is 0 Å². The van der Waals surface area contributed by atoms with Gasteiger partial charge in [0.25, 0.3) is 0 Å². The average molecular weight is 299 g/mol. The van der Waals surface area contributed by atoms with Gasteiger partial charge in [-0.2, -0.15) is 0 Å². The summed E-state index contributed by atoms with van der Waals surface area (Å²) in [6.45, 7) is 6.17. The number of benzene rings is 1. The fourth-order valence-corrected chi connectivity index (χ4v) is 2.54. The smallest absolute Gasteiger partial charge is 0.131 e. The minimum atomic E-state index is -1.19. The van der Waals surface area contributed by atoms with Gasteiger partial charge in [0.1, 0.15) is 11.6 Å². The quantitative estimate of drug-likeness (QED) is 0.878. The molecule has 1 saturated carbocycles. The molecule has 0 aliphatic heterocycles. The summed E-state index contributed by atoms with van der Waals surface area (Å²) >= 11 is 0. The molecule has 5 heteroatoms. The van der Waals surface area contributed by atoms with Gasteiger partial charge in [0.2, 0.25) is 0 Å². The van der Waals surface area contributed by atoms with Gasteiger partial charge in [-0.1, -0.05) is 6.07 Å². The van der Waals surface area contributed by atoms with Crippen molar-refractivity contribution >= 4 is 0 Å². The predicted molar refractivity (Wildman–Crippen MR) is 77.0 cm³/mol. The van der Waals surface area contributed by atoms with E-state index < -0.39 is 17.7 Å². The van der Waals surface area contributed by atoms with Crippen molar-refractivity contribution < 1.29 is 18.6 Å². The summed E-state index contributed by atoms with van der Waals surface area (Å²) in [7, 11) is 0. The van der Waals surface area contributed by atoms with Crippen molar-refractivity contribution in [2.45, 2.75) is 57.5 Å². The Kier molecular flexibility index (Phi) is 4.96. The molecule has 1 aromatic carbocycles. The molecule has 0 saturated heterocycles. The first-order valence-electron chi connectivity index (χ1n) is 7.29. The lowest BCUT2D eigenvalue weighted by atomic mass is 9.88. The van der Waals surface area contributed by atoms with Crippen molar-refractivity contribution in [3.05, 3.63) is 35.4 Å². The van der Waals surface area contributed by atoms with E-state index in [9.17, 15) is 13.9 Å². The van der Waals surface area contributed by atoms with E-state index in [-0.39, 0.29) is 29.9 Å². The summed E-state index contributed by atoms with van der Waals surface area (Å²) in [6.07, 6.45) is 0.728. The summed E-state index contributed by atoms with van der Waals surface area (Å²) < 4.78 is 32.9. The third kappa shape index (κ3) is 4.46. The van der Waals surface area contributed by atoms with Crippen LogP contribution in [0.2, 0.25) is 0 Å². The highest BCUT2D eigenvalue weighted by Gasteiger charge is 2.33. The Labute approximate surface area is 124 Å². The Morgan fingerprint density at radius 1 is 1.29 bits per heavy atom. The maximum absolute atomic E-state index is 13.5. The van der Waals surface area contributed by atoms with Gasteiger partial charge in [-0.05, 0) is 45.7 Å². The van der Waals surface area contributed by atoms with Gasteiger partial charge in [0.15, 0.2) is 0 Å². The number of nitrogens with one attached hydrogen (secondary N) is 1. The van der Waals surface area contributed by atoms with Crippen molar-refractivity contribution in [2.24, 2.45) is 0 Å². The van der Waals surface area contributed by atoms with E-state index in [4.69, 9.17) is 4.74 Å². The predicted octanol–water partition coefficient (Wildman–Crippen LogP) is 2.93. The van der Waals surface area contributed by atoms with Crippen LogP contribution in [0.5, 0.6) is 0 Å². The molecule has 1 unspecified atom stereocenters. The molecule has 0 spiro atoms. The molecular weight excluding hydrogens is 276 g/mol. The zero-order valence-electron chi connectivity index (χ0n) is 12.7. The summed E-state index contributed by atoms with van der Waals surface area (Å²) in [6, 6.07) is 3.81. The third-order valence-corrected chi connectivity index (χ3v) is 3.55. The summed E-state index contributed by atoms with van der Waals surface area (Å²) in [5.74, 6) is -1.43. The molecule has 1 aromatic rings. The zero-order chi connectivity index (χ0) is 15.6. The number of hydrogen-bond acceptors (Lipinski definition) is 3. The van der Waals surface area contributed by atoms with Crippen LogP contribution in [0, 0.1) is 11.6 Å². The summed E-state index contributed by atoms with van der Waals surface area (Å²) in [4.78, 5) is 0. The van der Waals surface area contributed by atoms with Crippen LogP contribution < -0.4 is 5.32 Å². The van der Waals surface area contributed by atoms with Crippen molar-refractivity contribution in [1.82, 2.24) is 5.32 Å². The van der Waals surface area contributed by atoms with E-state index in [1.54, 1.807) is 0 Å². The lowest BCUT2D eigenvalue weighted by molar-refractivity contribution is -0.103. The number of ether oxygens (including phenoxy) is 1. The monoisotopic (exact) mass is 299 g/mol. The molecule has 1 aliphatic rings. The highest BCUT2D eigenvalue weighted by Crippen LogP contribution is 2.28. The largest absolute Gasteiger partial charge is 0.387 e. The second kappa shape index (κ2) is 6.38. The first-order valence-corrected chi connectivity index (χ1v) is 7.29. The minimum Gasteiger partial charge on any atom is -0.387 e. The Morgan fingerprint density at radius 2 is 1.86 bits per heavy atom. The molecule has 1 fully saturated rings. The highest BCUT2D eigenvalue weighted by molar-refractivity contribution is 5.22. The maximum Gasteiger partial charge on any atom is 0.131 e. The average Bonchev–Trinajstić information content (AvgIpc) is 2.30. The molecule has 2 rings (SSSR count). The van der Waals surface area contributed by atoms with Crippen molar-refractivity contribution in [1.29, 1.82) is 0 Å². The highest BCUT2D eigenvalue weighted by atomic mass is 19.1. The van der Waals surface area contributed by atoms with Gasteiger partial charge in [0.05, 0.1) is 23.4 Å². The van der Waals surface area contributed by atoms with Crippen LogP contribution in [0.1, 0.15) is 45.3 Å². The topological polar surface area (TPSA) is 41.5 Å². The molecule has 0 aromatic heterocycles. The number of rotatable bonds is 5. The standard InChI is InChI=1S/C16H23F2NO2/c1-16(2,3)21-11-7-10(8-11)19-9-14(20)15-12(17)5-4-6-13(15)18/h4-6,10-11,14,19-20H,7-9H2,1-3H3. The molecule has 0 radical (unpaired) electrons. The number of hydrogen-bond donors (Lipinski definition) is 2. The van der Waals surface area contributed by atoms with Crippen LogP contribution in [0.3, 0.4) is 0 Å². The van der Waals surface area contributed by atoms with E-state index in [1.165, 1.54) is 6.07 Å². The van der Waals surface area contributed by atoms with Crippen LogP contribution in [-0.2, 0) is 4.74 Å². The maximum atomic E-state index is 13.5. The third-order valence-electron chi connectivity index (χ3n) is 3.55. The van der Waals surface area contributed by atoms with E-state index >= 15 is 0 Å². The first kappa shape index (κ1) is 16.3. The molecule has 1 atom stereocenters. The number of aliphatic hydroxyl groups excluding tert-OH is 1. The van der Waals surface area contributed by atoms with E-state index in [1.807, 2.05) is 20.8 Å². The molecule has 2 N–H and O–H groups in total. The van der Waals surface area contributed by atoms with Crippen molar-refractivity contribution in [3.8, 4) is 0 Å².